The van der Waals surface area contributed by atoms with Gasteiger partial charge in [-0.2, -0.15) is 0 Å². The van der Waals surface area contributed by atoms with Crippen LogP contribution in [0.4, 0.5) is 0 Å². The van der Waals surface area contributed by atoms with Gasteiger partial charge in [0.15, 0.2) is 5.78 Å². The summed E-state index contributed by atoms with van der Waals surface area (Å²) in [6.07, 6.45) is 3.57. The van der Waals surface area contributed by atoms with Gasteiger partial charge in [-0.25, -0.2) is 0 Å². The summed E-state index contributed by atoms with van der Waals surface area (Å²) in [6, 6.07) is 0. The van der Waals surface area contributed by atoms with Crippen molar-refractivity contribution in [2.45, 2.75) is 76.0 Å². The van der Waals surface area contributed by atoms with Crippen LogP contribution in [0, 0.1) is 5.92 Å². The average molecular weight is 439 g/mol. The second kappa shape index (κ2) is 9.67. The van der Waals surface area contributed by atoms with Gasteiger partial charge in [-0.15, -0.1) is 0 Å². The molecule has 0 aromatic rings. The Balaban J connectivity index is 1.63. The molecule has 176 valence electrons. The summed E-state index contributed by atoms with van der Waals surface area (Å²) in [4.78, 5) is 26.5. The maximum absolute atomic E-state index is 12.5. The summed E-state index contributed by atoms with van der Waals surface area (Å²) < 4.78 is 23.7. The smallest absolute Gasteiger partial charge is 0.313 e. The molecule has 3 fully saturated rings. The number of ketones is 1. The number of methoxy groups -OCH3 is 1. The summed E-state index contributed by atoms with van der Waals surface area (Å²) in [7, 11) is 3.45. The zero-order chi connectivity index (χ0) is 22.8. The van der Waals surface area contributed by atoms with Crippen LogP contribution in [-0.2, 0) is 28.5 Å². The van der Waals surface area contributed by atoms with E-state index in [9.17, 15) is 9.59 Å². The number of likely N-dealkylation sites (N-methyl/N-ethyl adjacent to an activating group) is 1. The minimum Gasteiger partial charge on any atom is -0.459 e. The molecule has 2 aliphatic heterocycles. The third-order valence-corrected chi connectivity index (χ3v) is 6.82. The summed E-state index contributed by atoms with van der Waals surface area (Å²) in [5.74, 6) is -0.713. The molecule has 8 nitrogen and oxygen atoms in total. The molecule has 3 aliphatic rings. The lowest BCUT2D eigenvalue weighted by atomic mass is 9.68. The van der Waals surface area contributed by atoms with E-state index in [0.29, 0.717) is 26.1 Å². The van der Waals surface area contributed by atoms with E-state index in [0.717, 1.165) is 12.8 Å². The van der Waals surface area contributed by atoms with Gasteiger partial charge < -0.3 is 24.7 Å². The number of allylic oxidation sites excluding steroid dienone is 1. The molecule has 1 saturated carbocycles. The molecule has 8 heteroatoms. The SMILES string of the molecule is COC1C(OC(=O)CC(=O)CN(C)CCN)CC[C@]2(CO2)C1[C@]1(C)O[C@@H]1CC=C(C)C. The van der Waals surface area contributed by atoms with Gasteiger partial charge in [0.2, 0.25) is 0 Å². The summed E-state index contributed by atoms with van der Waals surface area (Å²) in [5, 5.41) is 0. The van der Waals surface area contributed by atoms with Crippen molar-refractivity contribution in [3.8, 4) is 0 Å². The molecule has 0 bridgehead atoms. The van der Waals surface area contributed by atoms with Crippen LogP contribution in [0.1, 0.15) is 46.5 Å². The molecule has 2 heterocycles. The fourth-order valence-corrected chi connectivity index (χ4v) is 5.10. The van der Waals surface area contributed by atoms with E-state index >= 15 is 0 Å². The molecule has 0 radical (unpaired) electrons. The Kier molecular flexibility index (Phi) is 7.58. The first-order valence-electron chi connectivity index (χ1n) is 11.2. The second-order valence-electron chi connectivity index (χ2n) is 9.65. The molecule has 0 amide bonds. The number of hydrogen-bond donors (Lipinski definition) is 1. The third kappa shape index (κ3) is 5.54. The van der Waals surface area contributed by atoms with E-state index in [1.165, 1.54) is 5.57 Å². The van der Waals surface area contributed by atoms with Crippen molar-refractivity contribution in [3.63, 3.8) is 0 Å². The Morgan fingerprint density at radius 1 is 1.32 bits per heavy atom. The highest BCUT2D eigenvalue weighted by atomic mass is 16.6. The lowest BCUT2D eigenvalue weighted by molar-refractivity contribution is -0.172. The Labute approximate surface area is 185 Å². The molecule has 2 saturated heterocycles. The molecular formula is C23H38N2O6. The Morgan fingerprint density at radius 2 is 2.03 bits per heavy atom. The first-order chi connectivity index (χ1) is 14.6. The first kappa shape index (κ1) is 24.3. The minimum absolute atomic E-state index is 0.0292. The Hall–Kier alpha value is -1.32. The van der Waals surface area contributed by atoms with E-state index in [4.69, 9.17) is 24.7 Å². The van der Waals surface area contributed by atoms with Gasteiger partial charge in [0, 0.05) is 20.2 Å². The van der Waals surface area contributed by atoms with E-state index in [1.807, 2.05) is 0 Å². The number of carbonyl (C=O) groups excluding carboxylic acids is 2. The van der Waals surface area contributed by atoms with Crippen molar-refractivity contribution in [1.82, 2.24) is 4.90 Å². The van der Waals surface area contributed by atoms with Gasteiger partial charge in [0.25, 0.3) is 0 Å². The van der Waals surface area contributed by atoms with Gasteiger partial charge in [0.1, 0.15) is 29.8 Å². The Bertz CT molecular complexity index is 702. The topological polar surface area (TPSA) is 107 Å². The number of epoxide rings is 2. The van der Waals surface area contributed by atoms with Crippen LogP contribution >= 0.6 is 0 Å². The first-order valence-corrected chi connectivity index (χ1v) is 11.2. The molecule has 31 heavy (non-hydrogen) atoms. The van der Waals surface area contributed by atoms with Crippen molar-refractivity contribution in [2.75, 3.05) is 40.4 Å². The van der Waals surface area contributed by atoms with Crippen LogP contribution in [0.25, 0.3) is 0 Å². The van der Waals surface area contributed by atoms with E-state index < -0.39 is 12.1 Å². The van der Waals surface area contributed by atoms with Crippen LogP contribution in [-0.4, -0.2) is 86.6 Å². The fraction of sp³-hybridized carbons (Fsp3) is 0.826. The van der Waals surface area contributed by atoms with Gasteiger partial charge in [-0.3, -0.25) is 14.5 Å². The van der Waals surface area contributed by atoms with E-state index in [-0.39, 0.29) is 48.1 Å². The molecule has 0 aromatic carbocycles. The average Bonchev–Trinajstić information content (AvgIpc) is 3.59. The van der Waals surface area contributed by atoms with Crippen molar-refractivity contribution >= 4 is 11.8 Å². The molecule has 1 spiro atoms. The number of hydrogen-bond acceptors (Lipinski definition) is 8. The number of rotatable bonds is 11. The number of Topliss-reactive ketones (excluding diaryl/α,β-unsaturated/α-hetero) is 1. The normalized spacial score (nSPS) is 36.4. The minimum atomic E-state index is -0.507. The number of esters is 1. The quantitative estimate of drug-likeness (QED) is 0.224. The highest BCUT2D eigenvalue weighted by Gasteiger charge is 2.72. The molecule has 3 unspecified atom stereocenters. The predicted molar refractivity (Wildman–Crippen MR) is 116 cm³/mol. The van der Waals surface area contributed by atoms with Crippen LogP contribution in [0.2, 0.25) is 0 Å². The summed E-state index contributed by atoms with van der Waals surface area (Å²) in [6.45, 7) is 8.19. The standard InChI is InChI=1S/C23H38N2O6/c1-15(2)6-7-18-22(3,31-18)21-20(28-5)17(8-9-23(21)14-29-23)30-19(27)12-16(26)13-25(4)11-10-24/h6,17-18,20-21H,7-14,24H2,1-5H3/t17?,18-,20?,21?,22-,23+/m1/s1. The molecule has 0 aromatic heterocycles. The van der Waals surface area contributed by atoms with Gasteiger partial charge in [0.05, 0.1) is 25.2 Å². The fourth-order valence-electron chi connectivity index (χ4n) is 5.10. The molecule has 3 rings (SSSR count). The van der Waals surface area contributed by atoms with Gasteiger partial charge >= 0.3 is 5.97 Å². The summed E-state index contributed by atoms with van der Waals surface area (Å²) >= 11 is 0. The molecule has 1 aliphatic carbocycles. The Morgan fingerprint density at radius 3 is 2.61 bits per heavy atom. The molecule has 6 atom stereocenters. The number of nitrogens with two attached hydrogens (primary N) is 1. The predicted octanol–water partition coefficient (Wildman–Crippen LogP) is 1.46. The third-order valence-electron chi connectivity index (χ3n) is 6.82. The van der Waals surface area contributed by atoms with Gasteiger partial charge in [-0.05, 0) is 47.1 Å². The largest absolute Gasteiger partial charge is 0.459 e. The van der Waals surface area contributed by atoms with Crippen LogP contribution in [0.5, 0.6) is 0 Å². The van der Waals surface area contributed by atoms with Crippen LogP contribution in [0.15, 0.2) is 11.6 Å². The lowest BCUT2D eigenvalue weighted by Gasteiger charge is -2.42. The second-order valence-corrected chi connectivity index (χ2v) is 9.65. The van der Waals surface area contributed by atoms with Crippen molar-refractivity contribution < 1.29 is 28.5 Å². The molecular weight excluding hydrogens is 400 g/mol. The number of carbonyl (C=O) groups is 2. The van der Waals surface area contributed by atoms with E-state index in [1.54, 1.807) is 19.1 Å². The van der Waals surface area contributed by atoms with Crippen molar-refractivity contribution in [2.24, 2.45) is 11.7 Å². The van der Waals surface area contributed by atoms with Crippen LogP contribution < -0.4 is 5.73 Å². The zero-order valence-corrected chi connectivity index (χ0v) is 19.5. The summed E-state index contributed by atoms with van der Waals surface area (Å²) in [5.41, 5.74) is 6.12. The number of ether oxygens (including phenoxy) is 4. The molecule has 2 N–H and O–H groups in total. The lowest BCUT2D eigenvalue weighted by Crippen LogP contribution is -2.55. The maximum atomic E-state index is 12.5. The van der Waals surface area contributed by atoms with Crippen LogP contribution in [0.3, 0.4) is 0 Å². The van der Waals surface area contributed by atoms with Crippen molar-refractivity contribution in [1.29, 1.82) is 0 Å². The van der Waals surface area contributed by atoms with Crippen molar-refractivity contribution in [3.05, 3.63) is 11.6 Å². The maximum Gasteiger partial charge on any atom is 0.313 e. The highest BCUT2D eigenvalue weighted by Crippen LogP contribution is 2.59. The van der Waals surface area contributed by atoms with Gasteiger partial charge in [-0.1, -0.05) is 11.6 Å². The van der Waals surface area contributed by atoms with E-state index in [2.05, 4.69) is 26.8 Å². The number of nitrogens with zero attached hydrogens (tertiary/aromatic N) is 1. The highest BCUT2D eigenvalue weighted by molar-refractivity contribution is 5.96. The zero-order valence-electron chi connectivity index (χ0n) is 19.5. The monoisotopic (exact) mass is 438 g/mol.